The van der Waals surface area contributed by atoms with Gasteiger partial charge in [-0.3, -0.25) is 14.5 Å². The average Bonchev–Trinajstić information content (AvgIpc) is 2.61. The van der Waals surface area contributed by atoms with Gasteiger partial charge in [-0.25, -0.2) is 4.99 Å². The van der Waals surface area contributed by atoms with Crippen LogP contribution in [0.25, 0.3) is 0 Å². The number of anilines is 1. The van der Waals surface area contributed by atoms with E-state index in [9.17, 15) is 9.59 Å². The van der Waals surface area contributed by atoms with Crippen LogP contribution >= 0.6 is 27.7 Å². The zero-order valence-electron chi connectivity index (χ0n) is 13.5. The van der Waals surface area contributed by atoms with Crippen LogP contribution in [0.4, 0.5) is 11.4 Å². The van der Waals surface area contributed by atoms with E-state index in [1.165, 1.54) is 16.7 Å². The van der Waals surface area contributed by atoms with Gasteiger partial charge < -0.3 is 5.32 Å². The Morgan fingerprint density at radius 3 is 2.56 bits per heavy atom. The number of hydrogen-bond acceptors (Lipinski definition) is 4. The smallest absolute Gasteiger partial charge is 0.238 e. The summed E-state index contributed by atoms with van der Waals surface area (Å²) in [6.45, 7) is 0. The summed E-state index contributed by atoms with van der Waals surface area (Å²) < 4.78 is 0.956. The van der Waals surface area contributed by atoms with E-state index in [-0.39, 0.29) is 18.2 Å². The van der Waals surface area contributed by atoms with Gasteiger partial charge in [-0.1, -0.05) is 45.9 Å². The molecule has 1 aliphatic rings. The highest BCUT2D eigenvalue weighted by molar-refractivity contribution is 9.10. The van der Waals surface area contributed by atoms with E-state index in [2.05, 4.69) is 26.2 Å². The summed E-state index contributed by atoms with van der Waals surface area (Å²) in [4.78, 5) is 30.8. The number of nitrogens with zero attached hydrogens (tertiary/aromatic N) is 2. The molecule has 0 aliphatic carbocycles. The van der Waals surface area contributed by atoms with E-state index < -0.39 is 5.25 Å². The Labute approximate surface area is 158 Å². The van der Waals surface area contributed by atoms with Crippen LogP contribution in [0, 0.1) is 0 Å². The molecule has 5 nitrogen and oxygen atoms in total. The van der Waals surface area contributed by atoms with Crippen LogP contribution in [0.2, 0.25) is 0 Å². The summed E-state index contributed by atoms with van der Waals surface area (Å²) in [5, 5.41) is 2.87. The summed E-state index contributed by atoms with van der Waals surface area (Å²) in [5.41, 5.74) is 1.44. The molecule has 1 fully saturated rings. The van der Waals surface area contributed by atoms with Gasteiger partial charge in [-0.15, -0.1) is 0 Å². The number of halogens is 1. The molecule has 1 aliphatic heterocycles. The molecule has 0 saturated carbocycles. The van der Waals surface area contributed by atoms with Crippen LogP contribution in [-0.2, 0) is 9.59 Å². The van der Waals surface area contributed by atoms with Crippen LogP contribution in [0.15, 0.2) is 64.1 Å². The largest absolute Gasteiger partial charge is 0.325 e. The molecule has 1 atom stereocenters. The van der Waals surface area contributed by atoms with E-state index in [0.717, 1.165) is 10.2 Å². The maximum absolute atomic E-state index is 12.5. The summed E-state index contributed by atoms with van der Waals surface area (Å²) in [6, 6.07) is 16.7. The highest BCUT2D eigenvalue weighted by Crippen LogP contribution is 2.29. The second kappa shape index (κ2) is 7.84. The molecular formula is C18H16BrN3O2S. The number of carbonyl (C=O) groups is 2. The molecule has 2 aromatic rings. The van der Waals surface area contributed by atoms with E-state index in [1.54, 1.807) is 7.05 Å². The number of aliphatic imine (C=N–C) groups is 1. The van der Waals surface area contributed by atoms with Gasteiger partial charge in [0.1, 0.15) is 5.25 Å². The summed E-state index contributed by atoms with van der Waals surface area (Å²) in [6.07, 6.45) is 0.152. The Kier molecular flexibility index (Phi) is 5.55. The molecule has 1 heterocycles. The number of hydrogen-bond donors (Lipinski definition) is 1. The van der Waals surface area contributed by atoms with Crippen LogP contribution in [0.5, 0.6) is 0 Å². The molecule has 1 saturated heterocycles. The third-order valence-electron chi connectivity index (χ3n) is 3.65. The van der Waals surface area contributed by atoms with Gasteiger partial charge in [-0.05, 0) is 36.4 Å². The van der Waals surface area contributed by atoms with Gasteiger partial charge in [-0.2, -0.15) is 0 Å². The highest BCUT2D eigenvalue weighted by atomic mass is 79.9. The first-order valence-corrected chi connectivity index (χ1v) is 9.33. The van der Waals surface area contributed by atoms with E-state index in [0.29, 0.717) is 10.9 Å². The second-order valence-electron chi connectivity index (χ2n) is 5.49. The fourth-order valence-corrected chi connectivity index (χ4v) is 3.60. The number of nitrogens with one attached hydrogen (secondary N) is 1. The number of amidine groups is 1. The second-order valence-corrected chi connectivity index (χ2v) is 7.58. The first-order valence-electron chi connectivity index (χ1n) is 7.66. The number of thioether (sulfide) groups is 1. The van der Waals surface area contributed by atoms with Crippen molar-refractivity contribution >= 4 is 56.0 Å². The molecular weight excluding hydrogens is 402 g/mol. The molecule has 0 aromatic heterocycles. The SMILES string of the molecule is CN1C(=O)C[C@@H](C(=O)Nc2ccccc2)SC1=Nc1ccc(Br)cc1. The molecule has 0 unspecified atom stereocenters. The monoisotopic (exact) mass is 417 g/mol. The van der Waals surface area contributed by atoms with Crippen molar-refractivity contribution in [3.8, 4) is 0 Å². The maximum Gasteiger partial charge on any atom is 0.238 e. The molecule has 0 bridgehead atoms. The van der Waals surface area contributed by atoms with Crippen molar-refractivity contribution in [2.75, 3.05) is 12.4 Å². The molecule has 1 N–H and O–H groups in total. The average molecular weight is 418 g/mol. The van der Waals surface area contributed by atoms with Crippen molar-refractivity contribution in [2.24, 2.45) is 4.99 Å². The lowest BCUT2D eigenvalue weighted by Gasteiger charge is -2.28. The zero-order chi connectivity index (χ0) is 17.8. The van der Waals surface area contributed by atoms with Crippen molar-refractivity contribution in [3.63, 3.8) is 0 Å². The first kappa shape index (κ1) is 17.7. The summed E-state index contributed by atoms with van der Waals surface area (Å²) >= 11 is 4.68. The van der Waals surface area contributed by atoms with Crippen molar-refractivity contribution in [2.45, 2.75) is 11.7 Å². The van der Waals surface area contributed by atoms with Crippen molar-refractivity contribution in [1.29, 1.82) is 0 Å². The number of carbonyl (C=O) groups excluding carboxylic acids is 2. The van der Waals surface area contributed by atoms with Gasteiger partial charge in [0.2, 0.25) is 11.8 Å². The van der Waals surface area contributed by atoms with Crippen LogP contribution in [0.1, 0.15) is 6.42 Å². The maximum atomic E-state index is 12.5. The number of amides is 2. The fourth-order valence-electron chi connectivity index (χ4n) is 2.27. The minimum Gasteiger partial charge on any atom is -0.325 e. The lowest BCUT2D eigenvalue weighted by Crippen LogP contribution is -2.43. The van der Waals surface area contributed by atoms with Crippen LogP contribution in [0.3, 0.4) is 0 Å². The van der Waals surface area contributed by atoms with Crippen LogP contribution in [-0.4, -0.2) is 34.2 Å². The number of benzene rings is 2. The predicted octanol–water partition coefficient (Wildman–Crippen LogP) is 4.04. The molecule has 25 heavy (non-hydrogen) atoms. The molecule has 7 heteroatoms. The van der Waals surface area contributed by atoms with Gasteiger partial charge >= 0.3 is 0 Å². The standard InChI is InChI=1S/C18H16BrN3O2S/c1-22-16(23)11-15(17(24)20-13-5-3-2-4-6-13)25-18(22)21-14-9-7-12(19)8-10-14/h2-10,15H,11H2,1H3,(H,20,24)/t15-/m0/s1. The van der Waals surface area contributed by atoms with Gasteiger partial charge in [0.05, 0.1) is 5.69 Å². The van der Waals surface area contributed by atoms with E-state index in [4.69, 9.17) is 0 Å². The third kappa shape index (κ3) is 4.49. The minimum absolute atomic E-state index is 0.122. The molecule has 0 radical (unpaired) electrons. The topological polar surface area (TPSA) is 61.8 Å². The molecule has 2 amide bonds. The predicted molar refractivity (Wildman–Crippen MR) is 105 cm³/mol. The highest BCUT2D eigenvalue weighted by Gasteiger charge is 2.34. The van der Waals surface area contributed by atoms with Gasteiger partial charge in [0, 0.05) is 23.6 Å². The Bertz CT molecular complexity index is 809. The zero-order valence-corrected chi connectivity index (χ0v) is 15.9. The molecule has 3 rings (SSSR count). The lowest BCUT2D eigenvalue weighted by atomic mass is 10.2. The molecule has 0 spiro atoms. The van der Waals surface area contributed by atoms with E-state index in [1.807, 2.05) is 54.6 Å². The van der Waals surface area contributed by atoms with Gasteiger partial charge in [0.15, 0.2) is 5.17 Å². The Hall–Kier alpha value is -2.12. The Morgan fingerprint density at radius 1 is 1.20 bits per heavy atom. The van der Waals surface area contributed by atoms with Crippen molar-refractivity contribution in [3.05, 3.63) is 59.1 Å². The number of para-hydroxylation sites is 1. The Balaban J connectivity index is 1.77. The van der Waals surface area contributed by atoms with Crippen LogP contribution < -0.4 is 5.32 Å². The van der Waals surface area contributed by atoms with Gasteiger partial charge in [0.25, 0.3) is 0 Å². The fraction of sp³-hybridized carbons (Fsp3) is 0.167. The normalized spacial score (nSPS) is 19.1. The van der Waals surface area contributed by atoms with Crippen molar-refractivity contribution < 1.29 is 9.59 Å². The third-order valence-corrected chi connectivity index (χ3v) is 5.42. The van der Waals surface area contributed by atoms with Crippen molar-refractivity contribution in [1.82, 2.24) is 4.90 Å². The molecule has 128 valence electrons. The quantitative estimate of drug-likeness (QED) is 0.819. The lowest BCUT2D eigenvalue weighted by molar-refractivity contribution is -0.128. The molecule has 2 aromatic carbocycles. The number of rotatable bonds is 3. The van der Waals surface area contributed by atoms with E-state index >= 15 is 0 Å². The summed E-state index contributed by atoms with van der Waals surface area (Å²) in [7, 11) is 1.68. The Morgan fingerprint density at radius 2 is 1.88 bits per heavy atom. The first-order chi connectivity index (χ1) is 12.0. The summed E-state index contributed by atoms with van der Waals surface area (Å²) in [5.74, 6) is -0.316. The minimum atomic E-state index is -0.502.